The van der Waals surface area contributed by atoms with Crippen molar-refractivity contribution in [2.75, 3.05) is 5.32 Å². The number of anilines is 2. The Hall–Kier alpha value is -3.15. The number of para-hydroxylation sites is 1. The van der Waals surface area contributed by atoms with Crippen LogP contribution in [0.3, 0.4) is 0 Å². The minimum absolute atomic E-state index is 0.00268. The number of carbonyl (C=O) groups excluding carboxylic acids is 1. The molecular weight excluding hydrogens is 328 g/mol. The molecule has 0 aliphatic heterocycles. The van der Waals surface area contributed by atoms with Crippen molar-refractivity contribution in [3.8, 4) is 0 Å². The maximum atomic E-state index is 12.1. The number of hydrogen-bond donors (Lipinski definition) is 2. The monoisotopic (exact) mass is 350 g/mol. The van der Waals surface area contributed by atoms with Gasteiger partial charge in [-0.05, 0) is 29.2 Å². The van der Waals surface area contributed by atoms with E-state index < -0.39 is 0 Å². The summed E-state index contributed by atoms with van der Waals surface area (Å²) in [5.41, 5.74) is 2.42. The summed E-state index contributed by atoms with van der Waals surface area (Å²) in [5, 5.41) is 6.02. The van der Waals surface area contributed by atoms with E-state index in [1.807, 2.05) is 18.2 Å². The molecule has 0 aliphatic rings. The molecule has 0 bridgehead atoms. The molecule has 0 spiro atoms. The summed E-state index contributed by atoms with van der Waals surface area (Å²) in [6, 6.07) is 11.7. The highest BCUT2D eigenvalue weighted by Gasteiger charge is 2.17. The van der Waals surface area contributed by atoms with Gasteiger partial charge in [-0.1, -0.05) is 39.0 Å². The van der Waals surface area contributed by atoms with E-state index in [1.165, 1.54) is 11.8 Å². The lowest BCUT2D eigenvalue weighted by Crippen LogP contribution is -2.23. The van der Waals surface area contributed by atoms with E-state index in [4.69, 9.17) is 4.42 Å². The van der Waals surface area contributed by atoms with Gasteiger partial charge < -0.3 is 15.1 Å². The molecular formula is C20H22N4O2. The van der Waals surface area contributed by atoms with Crippen LogP contribution in [0.15, 0.2) is 59.5 Å². The molecule has 2 aromatic heterocycles. The van der Waals surface area contributed by atoms with Crippen molar-refractivity contribution >= 4 is 17.4 Å². The van der Waals surface area contributed by atoms with Gasteiger partial charge in [-0.2, -0.15) is 0 Å². The van der Waals surface area contributed by atoms with Crippen LogP contribution < -0.4 is 10.6 Å². The van der Waals surface area contributed by atoms with Gasteiger partial charge in [-0.25, -0.2) is 9.97 Å². The largest absolute Gasteiger partial charge is 0.467 e. The Morgan fingerprint density at radius 3 is 2.54 bits per heavy atom. The predicted octanol–water partition coefficient (Wildman–Crippen LogP) is 4.04. The minimum atomic E-state index is -0.296. The Kier molecular flexibility index (Phi) is 5.02. The lowest BCUT2D eigenvalue weighted by molar-refractivity contribution is 0.0942. The molecule has 134 valence electrons. The number of rotatable bonds is 5. The van der Waals surface area contributed by atoms with Crippen molar-refractivity contribution < 1.29 is 9.21 Å². The highest BCUT2D eigenvalue weighted by molar-refractivity contribution is 5.91. The Morgan fingerprint density at radius 2 is 1.88 bits per heavy atom. The predicted molar refractivity (Wildman–Crippen MR) is 100 cm³/mol. The third-order valence-electron chi connectivity index (χ3n) is 3.89. The molecule has 6 heteroatoms. The first-order valence-electron chi connectivity index (χ1n) is 8.42. The average molecular weight is 350 g/mol. The van der Waals surface area contributed by atoms with E-state index in [0.717, 1.165) is 5.69 Å². The van der Waals surface area contributed by atoms with Gasteiger partial charge in [0.25, 0.3) is 5.91 Å². The third-order valence-corrected chi connectivity index (χ3v) is 3.89. The highest BCUT2D eigenvalue weighted by Crippen LogP contribution is 2.30. The van der Waals surface area contributed by atoms with Gasteiger partial charge in [-0.15, -0.1) is 0 Å². The number of carbonyl (C=O) groups is 1. The van der Waals surface area contributed by atoms with Crippen molar-refractivity contribution in [1.29, 1.82) is 0 Å². The van der Waals surface area contributed by atoms with Gasteiger partial charge in [0.05, 0.1) is 25.2 Å². The van der Waals surface area contributed by atoms with Gasteiger partial charge in [-0.3, -0.25) is 4.79 Å². The maximum Gasteiger partial charge on any atom is 0.271 e. The molecule has 0 radical (unpaired) electrons. The molecule has 2 heterocycles. The summed E-state index contributed by atoms with van der Waals surface area (Å²) in [6.45, 7) is 6.79. The Balaban J connectivity index is 1.68. The van der Waals surface area contributed by atoms with Crippen molar-refractivity contribution in [3.63, 3.8) is 0 Å². The van der Waals surface area contributed by atoms with Gasteiger partial charge in [0, 0.05) is 5.69 Å². The molecule has 0 aliphatic carbocycles. The number of benzene rings is 1. The molecule has 0 fully saturated rings. The lowest BCUT2D eigenvalue weighted by Gasteiger charge is -2.23. The van der Waals surface area contributed by atoms with E-state index in [9.17, 15) is 4.79 Å². The first kappa shape index (κ1) is 17.7. The number of nitrogens with zero attached hydrogens (tertiary/aromatic N) is 2. The fourth-order valence-corrected chi connectivity index (χ4v) is 2.57. The highest BCUT2D eigenvalue weighted by atomic mass is 16.3. The Labute approximate surface area is 152 Å². The maximum absolute atomic E-state index is 12.1. The van der Waals surface area contributed by atoms with E-state index in [1.54, 1.807) is 24.6 Å². The molecule has 26 heavy (non-hydrogen) atoms. The zero-order valence-corrected chi connectivity index (χ0v) is 15.1. The topological polar surface area (TPSA) is 80.0 Å². The quantitative estimate of drug-likeness (QED) is 0.726. The standard InChI is InChI=1S/C20H22N4O2/c1-20(2,3)15-8-4-5-9-16(15)24-18-13-21-17(12-22-18)19(25)23-11-14-7-6-10-26-14/h4-10,12-13H,11H2,1-3H3,(H,22,24)(H,23,25). The van der Waals surface area contributed by atoms with Crippen LogP contribution in [0.1, 0.15) is 42.6 Å². The number of aromatic nitrogens is 2. The zero-order chi connectivity index (χ0) is 18.6. The number of furan rings is 1. The van der Waals surface area contributed by atoms with Crippen molar-refractivity contribution in [1.82, 2.24) is 15.3 Å². The van der Waals surface area contributed by atoms with Crippen LogP contribution in [0, 0.1) is 0 Å². The van der Waals surface area contributed by atoms with Gasteiger partial charge in [0.2, 0.25) is 0 Å². The smallest absolute Gasteiger partial charge is 0.271 e. The number of hydrogen-bond acceptors (Lipinski definition) is 5. The number of nitrogens with one attached hydrogen (secondary N) is 2. The fraction of sp³-hybridized carbons (Fsp3) is 0.250. The van der Waals surface area contributed by atoms with Crippen LogP contribution in [0.5, 0.6) is 0 Å². The second kappa shape index (κ2) is 7.39. The normalized spacial score (nSPS) is 11.2. The first-order chi connectivity index (χ1) is 12.4. The van der Waals surface area contributed by atoms with E-state index >= 15 is 0 Å². The molecule has 6 nitrogen and oxygen atoms in total. The summed E-state index contributed by atoms with van der Waals surface area (Å²) in [6.07, 6.45) is 4.58. The van der Waals surface area contributed by atoms with Crippen molar-refractivity contribution in [2.24, 2.45) is 0 Å². The average Bonchev–Trinajstić information content (AvgIpc) is 3.13. The van der Waals surface area contributed by atoms with Crippen LogP contribution >= 0.6 is 0 Å². The van der Waals surface area contributed by atoms with E-state index in [0.29, 0.717) is 18.1 Å². The van der Waals surface area contributed by atoms with Crippen molar-refractivity contribution in [3.05, 3.63) is 72.1 Å². The second-order valence-electron chi connectivity index (χ2n) is 6.97. The summed E-state index contributed by atoms with van der Waals surface area (Å²) >= 11 is 0. The second-order valence-corrected chi connectivity index (χ2v) is 6.97. The van der Waals surface area contributed by atoms with Gasteiger partial charge >= 0.3 is 0 Å². The molecule has 0 unspecified atom stereocenters. The third kappa shape index (κ3) is 4.27. The van der Waals surface area contributed by atoms with Crippen molar-refractivity contribution in [2.45, 2.75) is 32.7 Å². The first-order valence-corrected chi connectivity index (χ1v) is 8.42. The van der Waals surface area contributed by atoms with Crippen LogP contribution in [0.2, 0.25) is 0 Å². The van der Waals surface area contributed by atoms with E-state index in [2.05, 4.69) is 47.4 Å². The van der Waals surface area contributed by atoms with Crippen LogP contribution in [0.25, 0.3) is 0 Å². The van der Waals surface area contributed by atoms with Gasteiger partial charge in [0.1, 0.15) is 17.3 Å². The molecule has 3 rings (SSSR count). The fourth-order valence-electron chi connectivity index (χ4n) is 2.57. The summed E-state index contributed by atoms with van der Waals surface area (Å²) in [5.74, 6) is 0.975. The lowest BCUT2D eigenvalue weighted by atomic mass is 9.86. The summed E-state index contributed by atoms with van der Waals surface area (Å²) in [7, 11) is 0. The summed E-state index contributed by atoms with van der Waals surface area (Å²) in [4.78, 5) is 20.6. The molecule has 0 saturated heterocycles. The van der Waals surface area contributed by atoms with Crippen LogP contribution in [-0.2, 0) is 12.0 Å². The number of amides is 1. The summed E-state index contributed by atoms with van der Waals surface area (Å²) < 4.78 is 5.18. The molecule has 2 N–H and O–H groups in total. The van der Waals surface area contributed by atoms with Gasteiger partial charge in [0.15, 0.2) is 0 Å². The SMILES string of the molecule is CC(C)(C)c1ccccc1Nc1cnc(C(=O)NCc2ccco2)cn1. The van der Waals surface area contributed by atoms with Crippen LogP contribution in [-0.4, -0.2) is 15.9 Å². The minimum Gasteiger partial charge on any atom is -0.467 e. The molecule has 3 aromatic rings. The molecule has 0 atom stereocenters. The van der Waals surface area contributed by atoms with Crippen LogP contribution in [0.4, 0.5) is 11.5 Å². The molecule has 1 amide bonds. The van der Waals surface area contributed by atoms with E-state index in [-0.39, 0.29) is 17.0 Å². The molecule has 0 saturated carbocycles. The Bertz CT molecular complexity index is 866. The molecule has 1 aromatic carbocycles. The zero-order valence-electron chi connectivity index (χ0n) is 15.1. The Morgan fingerprint density at radius 1 is 1.08 bits per heavy atom.